The molecule has 0 saturated heterocycles. The summed E-state index contributed by atoms with van der Waals surface area (Å²) >= 11 is 8.05. The molecule has 68 valence electrons. The number of hydrogen-bond donors (Lipinski definition) is 0. The van der Waals surface area contributed by atoms with Crippen molar-refractivity contribution in [2.45, 2.75) is 0 Å². The quantitative estimate of drug-likeness (QED) is 0.383. The summed E-state index contributed by atoms with van der Waals surface area (Å²) in [6, 6.07) is 2.29. The van der Waals surface area contributed by atoms with E-state index in [0.29, 0.717) is 0 Å². The van der Waals surface area contributed by atoms with Gasteiger partial charge in [0.2, 0.25) is 0 Å². The first-order valence-electron chi connectivity index (χ1n) is 3.34. The normalized spacial score (nSPS) is 9.23. The lowest BCUT2D eigenvalue weighted by atomic mass is 10.2. The molecule has 4 heteroatoms. The Kier molecular flexibility index (Phi) is 3.71. The first-order valence-corrected chi connectivity index (χ1v) is 4.67. The predicted octanol–water partition coefficient (Wildman–Crippen LogP) is 3.32. The highest BCUT2D eigenvalue weighted by Gasteiger charge is 2.06. The molecule has 13 heavy (non-hydrogen) atoms. The molecule has 0 N–H and O–H groups in total. The fraction of sp³-hybridized carbons (Fsp3) is 0.111. The van der Waals surface area contributed by atoms with Gasteiger partial charge in [-0.1, -0.05) is 11.8 Å². The minimum absolute atomic E-state index is 0.138. The fourth-order valence-corrected chi connectivity index (χ4v) is 1.06. The monoisotopic (exact) mass is 264 g/mol. The number of halogens is 4. The Morgan fingerprint density at radius 1 is 1.31 bits per heavy atom. The maximum atomic E-state index is 12.9. The summed E-state index contributed by atoms with van der Waals surface area (Å²) in [6.45, 7) is 0. The van der Waals surface area contributed by atoms with E-state index in [1.54, 1.807) is 0 Å². The molecule has 1 rings (SSSR count). The molecule has 0 aliphatic rings. The van der Waals surface area contributed by atoms with E-state index < -0.39 is 11.6 Å². The van der Waals surface area contributed by atoms with Crippen molar-refractivity contribution in [1.82, 2.24) is 0 Å². The molecule has 0 aromatic heterocycles. The zero-order valence-electron chi connectivity index (χ0n) is 6.37. The molecule has 0 atom stereocenters. The molecule has 1 aromatic rings. The van der Waals surface area contributed by atoms with Crippen molar-refractivity contribution in [3.8, 4) is 11.8 Å². The number of rotatable bonds is 0. The average molecular weight is 265 g/mol. The summed E-state index contributed by atoms with van der Waals surface area (Å²) in [6.07, 6.45) is 0. The smallest absolute Gasteiger partial charge is 0.141 e. The van der Waals surface area contributed by atoms with Crippen molar-refractivity contribution < 1.29 is 8.78 Å². The number of alkyl halides is 1. The van der Waals surface area contributed by atoms with Crippen LogP contribution >= 0.6 is 27.5 Å². The van der Waals surface area contributed by atoms with E-state index in [4.69, 9.17) is 11.6 Å². The van der Waals surface area contributed by atoms with Crippen LogP contribution in [0.1, 0.15) is 5.56 Å². The Morgan fingerprint density at radius 3 is 2.31 bits per heavy atom. The Morgan fingerprint density at radius 2 is 1.85 bits per heavy atom. The van der Waals surface area contributed by atoms with Gasteiger partial charge in [-0.05, 0) is 28.1 Å². The van der Waals surface area contributed by atoms with Crippen LogP contribution in [0.15, 0.2) is 16.6 Å². The zero-order valence-corrected chi connectivity index (χ0v) is 8.72. The lowest BCUT2D eigenvalue weighted by Gasteiger charge is -1.97. The maximum absolute atomic E-state index is 12.9. The van der Waals surface area contributed by atoms with Gasteiger partial charge in [-0.25, -0.2) is 8.78 Å². The van der Waals surface area contributed by atoms with Gasteiger partial charge < -0.3 is 0 Å². The molecular formula is C9H4BrClF2. The largest absolute Gasteiger partial charge is 0.206 e. The highest BCUT2D eigenvalue weighted by Crippen LogP contribution is 2.20. The van der Waals surface area contributed by atoms with Crippen LogP contribution in [0.5, 0.6) is 0 Å². The van der Waals surface area contributed by atoms with Crippen LogP contribution in [0.4, 0.5) is 8.78 Å². The first-order chi connectivity index (χ1) is 6.15. The van der Waals surface area contributed by atoms with Gasteiger partial charge in [0.1, 0.15) is 11.6 Å². The van der Waals surface area contributed by atoms with Gasteiger partial charge in [-0.15, -0.1) is 11.6 Å². The summed E-state index contributed by atoms with van der Waals surface area (Å²) in [7, 11) is 0. The van der Waals surface area contributed by atoms with Crippen molar-refractivity contribution in [2.24, 2.45) is 0 Å². The van der Waals surface area contributed by atoms with Gasteiger partial charge in [0, 0.05) is 5.56 Å². The molecule has 1 aromatic carbocycles. The number of hydrogen-bond acceptors (Lipinski definition) is 0. The van der Waals surface area contributed by atoms with E-state index in [9.17, 15) is 8.78 Å². The van der Waals surface area contributed by atoms with Gasteiger partial charge in [0.05, 0.1) is 10.4 Å². The van der Waals surface area contributed by atoms with Crippen molar-refractivity contribution in [3.63, 3.8) is 0 Å². The summed E-state index contributed by atoms with van der Waals surface area (Å²) in [5, 5.41) is 0. The third kappa shape index (κ3) is 2.68. The van der Waals surface area contributed by atoms with E-state index in [1.165, 1.54) is 0 Å². The molecule has 0 radical (unpaired) electrons. The van der Waals surface area contributed by atoms with E-state index in [0.717, 1.165) is 12.1 Å². The highest BCUT2D eigenvalue weighted by molar-refractivity contribution is 9.10. The molecule has 0 bridgehead atoms. The van der Waals surface area contributed by atoms with Crippen molar-refractivity contribution in [1.29, 1.82) is 0 Å². The molecule has 0 aliphatic carbocycles. The second kappa shape index (κ2) is 4.59. The topological polar surface area (TPSA) is 0 Å². The van der Waals surface area contributed by atoms with Gasteiger partial charge >= 0.3 is 0 Å². The van der Waals surface area contributed by atoms with Crippen molar-refractivity contribution >= 4 is 27.5 Å². The van der Waals surface area contributed by atoms with Crippen molar-refractivity contribution in [3.05, 3.63) is 33.8 Å². The van der Waals surface area contributed by atoms with E-state index in [-0.39, 0.29) is 15.9 Å². The third-order valence-electron chi connectivity index (χ3n) is 1.28. The summed E-state index contributed by atoms with van der Waals surface area (Å²) in [4.78, 5) is 0. The molecule has 0 saturated carbocycles. The second-order valence-corrected chi connectivity index (χ2v) is 3.25. The van der Waals surface area contributed by atoms with Crippen LogP contribution < -0.4 is 0 Å². The Balaban J connectivity index is 3.13. The maximum Gasteiger partial charge on any atom is 0.141 e. The zero-order chi connectivity index (χ0) is 9.84. The van der Waals surface area contributed by atoms with E-state index >= 15 is 0 Å². The van der Waals surface area contributed by atoms with Crippen LogP contribution in [0.2, 0.25) is 0 Å². The lowest BCUT2D eigenvalue weighted by Crippen LogP contribution is -1.86. The Hall–Kier alpha value is -0.590. The van der Waals surface area contributed by atoms with E-state index in [2.05, 4.69) is 27.8 Å². The van der Waals surface area contributed by atoms with E-state index in [1.807, 2.05) is 0 Å². The minimum Gasteiger partial charge on any atom is -0.206 e. The van der Waals surface area contributed by atoms with Gasteiger partial charge in [-0.2, -0.15) is 0 Å². The van der Waals surface area contributed by atoms with Crippen LogP contribution in [-0.4, -0.2) is 5.88 Å². The fourth-order valence-electron chi connectivity index (χ4n) is 0.763. The molecule has 0 fully saturated rings. The SMILES string of the molecule is Fc1cc(C#CCCl)cc(F)c1Br. The summed E-state index contributed by atoms with van der Waals surface area (Å²) in [5.41, 5.74) is 0.277. The molecule has 0 amide bonds. The van der Waals surface area contributed by atoms with Gasteiger partial charge in [0.15, 0.2) is 0 Å². The Bertz CT molecular complexity index is 356. The second-order valence-electron chi connectivity index (χ2n) is 2.19. The van der Waals surface area contributed by atoms with Crippen molar-refractivity contribution in [2.75, 3.05) is 5.88 Å². The average Bonchev–Trinajstić information content (AvgIpc) is 2.10. The molecule has 0 spiro atoms. The molecule has 0 heterocycles. The van der Waals surface area contributed by atoms with Crippen LogP contribution in [-0.2, 0) is 0 Å². The van der Waals surface area contributed by atoms with Gasteiger partial charge in [-0.3, -0.25) is 0 Å². The highest BCUT2D eigenvalue weighted by atomic mass is 79.9. The molecule has 0 nitrogen and oxygen atoms in total. The van der Waals surface area contributed by atoms with Crippen LogP contribution in [0.25, 0.3) is 0 Å². The molecule has 0 aliphatic heterocycles. The van der Waals surface area contributed by atoms with Gasteiger partial charge in [0.25, 0.3) is 0 Å². The Labute approximate surface area is 88.0 Å². The summed E-state index contributed by atoms with van der Waals surface area (Å²) in [5.74, 6) is 3.83. The standard InChI is InChI=1S/C9H4BrClF2/c10-9-7(12)4-6(2-1-3-11)5-8(9)13/h4-5H,3H2. The molecule has 0 unspecified atom stereocenters. The number of benzene rings is 1. The molecular weight excluding hydrogens is 261 g/mol. The van der Waals surface area contributed by atoms with Crippen LogP contribution in [0, 0.1) is 23.5 Å². The third-order valence-corrected chi connectivity index (χ3v) is 2.17. The predicted molar refractivity (Wildman–Crippen MR) is 51.7 cm³/mol. The first kappa shape index (κ1) is 10.5. The lowest BCUT2D eigenvalue weighted by molar-refractivity contribution is 0.571. The minimum atomic E-state index is -0.668. The summed E-state index contributed by atoms with van der Waals surface area (Å²) < 4.78 is 25.6. The van der Waals surface area contributed by atoms with Crippen LogP contribution in [0.3, 0.4) is 0 Å².